The SMILES string of the molecule is Fc1ccccc1C1=N[C@@H](Cc2ccccc2)CO1. The van der Waals surface area contributed by atoms with Gasteiger partial charge in [0.05, 0.1) is 11.6 Å². The van der Waals surface area contributed by atoms with Crippen LogP contribution in [0.4, 0.5) is 4.39 Å². The molecule has 0 unspecified atom stereocenters. The number of benzene rings is 2. The van der Waals surface area contributed by atoms with Crippen molar-refractivity contribution >= 4 is 5.90 Å². The first-order valence-electron chi connectivity index (χ1n) is 6.32. The Balaban J connectivity index is 1.77. The summed E-state index contributed by atoms with van der Waals surface area (Å²) in [7, 11) is 0. The summed E-state index contributed by atoms with van der Waals surface area (Å²) in [4.78, 5) is 4.47. The molecule has 1 aliphatic heterocycles. The van der Waals surface area contributed by atoms with Crippen molar-refractivity contribution in [3.8, 4) is 0 Å². The molecule has 1 heterocycles. The van der Waals surface area contributed by atoms with Gasteiger partial charge in [0.2, 0.25) is 5.90 Å². The average Bonchev–Trinajstić information content (AvgIpc) is 2.89. The predicted molar refractivity (Wildman–Crippen MR) is 72.8 cm³/mol. The second-order valence-electron chi connectivity index (χ2n) is 4.57. The maximum absolute atomic E-state index is 13.6. The molecule has 0 N–H and O–H groups in total. The van der Waals surface area contributed by atoms with Crippen molar-refractivity contribution in [2.24, 2.45) is 4.99 Å². The van der Waals surface area contributed by atoms with Crippen LogP contribution in [0.2, 0.25) is 0 Å². The molecule has 2 nitrogen and oxygen atoms in total. The van der Waals surface area contributed by atoms with Crippen LogP contribution in [-0.2, 0) is 11.2 Å². The Morgan fingerprint density at radius 1 is 1.05 bits per heavy atom. The summed E-state index contributed by atoms with van der Waals surface area (Å²) >= 11 is 0. The lowest BCUT2D eigenvalue weighted by Crippen LogP contribution is -2.09. The van der Waals surface area contributed by atoms with E-state index in [0.717, 1.165) is 6.42 Å². The maximum Gasteiger partial charge on any atom is 0.219 e. The second-order valence-corrected chi connectivity index (χ2v) is 4.57. The summed E-state index contributed by atoms with van der Waals surface area (Å²) in [6.07, 6.45) is 0.818. The molecular weight excluding hydrogens is 241 g/mol. The minimum Gasteiger partial charge on any atom is -0.475 e. The number of halogens is 1. The van der Waals surface area contributed by atoms with E-state index in [1.54, 1.807) is 18.2 Å². The molecule has 0 fully saturated rings. The Bertz CT molecular complexity index is 595. The minimum atomic E-state index is -0.290. The molecule has 0 radical (unpaired) electrons. The molecule has 3 heteroatoms. The normalized spacial score (nSPS) is 17.9. The number of aliphatic imine (C=N–C) groups is 1. The number of ether oxygens (including phenoxy) is 1. The average molecular weight is 255 g/mol. The zero-order chi connectivity index (χ0) is 13.1. The molecular formula is C16H14FNO. The summed E-state index contributed by atoms with van der Waals surface area (Å²) in [6.45, 7) is 0.512. The molecule has 2 aromatic carbocycles. The molecule has 0 saturated carbocycles. The van der Waals surface area contributed by atoms with Gasteiger partial charge in [-0.2, -0.15) is 0 Å². The van der Waals surface area contributed by atoms with E-state index in [4.69, 9.17) is 4.74 Å². The molecule has 19 heavy (non-hydrogen) atoms. The first-order valence-corrected chi connectivity index (χ1v) is 6.32. The van der Waals surface area contributed by atoms with Gasteiger partial charge in [-0.25, -0.2) is 9.38 Å². The monoisotopic (exact) mass is 255 g/mol. The van der Waals surface area contributed by atoms with E-state index in [1.165, 1.54) is 11.6 Å². The van der Waals surface area contributed by atoms with Crippen molar-refractivity contribution in [2.45, 2.75) is 12.5 Å². The third-order valence-electron chi connectivity index (χ3n) is 3.13. The number of hydrogen-bond acceptors (Lipinski definition) is 2. The van der Waals surface area contributed by atoms with Crippen LogP contribution in [0.5, 0.6) is 0 Å². The molecule has 3 rings (SSSR count). The molecule has 2 aromatic rings. The first kappa shape index (κ1) is 11.9. The minimum absolute atomic E-state index is 0.0667. The molecule has 96 valence electrons. The van der Waals surface area contributed by atoms with Crippen molar-refractivity contribution in [3.05, 3.63) is 71.5 Å². The fraction of sp³-hybridized carbons (Fsp3) is 0.188. The summed E-state index contributed by atoms with van der Waals surface area (Å²) in [5, 5.41) is 0. The fourth-order valence-corrected chi connectivity index (χ4v) is 2.19. The van der Waals surface area contributed by atoms with Crippen LogP contribution in [0, 0.1) is 5.82 Å². The number of nitrogens with zero attached hydrogens (tertiary/aromatic N) is 1. The Hall–Kier alpha value is -2.16. The largest absolute Gasteiger partial charge is 0.475 e. The third kappa shape index (κ3) is 2.65. The fourth-order valence-electron chi connectivity index (χ4n) is 2.19. The molecule has 1 atom stereocenters. The van der Waals surface area contributed by atoms with Gasteiger partial charge in [-0.05, 0) is 24.1 Å². The van der Waals surface area contributed by atoms with E-state index in [0.29, 0.717) is 18.1 Å². The van der Waals surface area contributed by atoms with Gasteiger partial charge < -0.3 is 4.74 Å². The van der Waals surface area contributed by atoms with Crippen molar-refractivity contribution in [1.82, 2.24) is 0 Å². The Labute approximate surface area is 111 Å². The van der Waals surface area contributed by atoms with E-state index < -0.39 is 0 Å². The van der Waals surface area contributed by atoms with Gasteiger partial charge in [-0.15, -0.1) is 0 Å². The van der Waals surface area contributed by atoms with E-state index >= 15 is 0 Å². The molecule has 0 saturated heterocycles. The lowest BCUT2D eigenvalue weighted by atomic mass is 10.1. The third-order valence-corrected chi connectivity index (χ3v) is 3.13. The number of hydrogen-bond donors (Lipinski definition) is 0. The van der Waals surface area contributed by atoms with Gasteiger partial charge in [0.15, 0.2) is 0 Å². The topological polar surface area (TPSA) is 21.6 Å². The van der Waals surface area contributed by atoms with Crippen molar-refractivity contribution < 1.29 is 9.13 Å². The highest BCUT2D eigenvalue weighted by molar-refractivity contribution is 5.95. The van der Waals surface area contributed by atoms with Gasteiger partial charge in [-0.1, -0.05) is 42.5 Å². The van der Waals surface area contributed by atoms with Crippen molar-refractivity contribution in [1.29, 1.82) is 0 Å². The van der Waals surface area contributed by atoms with Crippen LogP contribution in [0.15, 0.2) is 59.6 Å². The second kappa shape index (κ2) is 5.22. The van der Waals surface area contributed by atoms with Gasteiger partial charge in [0.25, 0.3) is 0 Å². The zero-order valence-electron chi connectivity index (χ0n) is 10.4. The van der Waals surface area contributed by atoms with Crippen LogP contribution in [-0.4, -0.2) is 18.5 Å². The molecule has 0 amide bonds. The predicted octanol–water partition coefficient (Wildman–Crippen LogP) is 3.21. The van der Waals surface area contributed by atoms with E-state index in [2.05, 4.69) is 17.1 Å². The molecule has 1 aliphatic rings. The standard InChI is InChI=1S/C16H14FNO/c17-15-9-5-4-8-14(15)16-18-13(11-19-16)10-12-6-2-1-3-7-12/h1-9,13H,10-11H2/t13-/m0/s1. The number of rotatable bonds is 3. The van der Waals surface area contributed by atoms with Gasteiger partial charge in [-0.3, -0.25) is 0 Å². The van der Waals surface area contributed by atoms with E-state index in [-0.39, 0.29) is 11.9 Å². The Morgan fingerprint density at radius 2 is 1.79 bits per heavy atom. The Kier molecular flexibility index (Phi) is 3.27. The van der Waals surface area contributed by atoms with Crippen LogP contribution in [0.25, 0.3) is 0 Å². The lowest BCUT2D eigenvalue weighted by Gasteiger charge is -2.04. The summed E-state index contributed by atoms with van der Waals surface area (Å²) in [5.74, 6) is 0.126. The molecule has 0 aromatic heterocycles. The summed E-state index contributed by atoms with van der Waals surface area (Å²) in [5.41, 5.74) is 1.66. The highest BCUT2D eigenvalue weighted by Crippen LogP contribution is 2.17. The quantitative estimate of drug-likeness (QED) is 0.825. The highest BCUT2D eigenvalue weighted by Gasteiger charge is 2.22. The lowest BCUT2D eigenvalue weighted by molar-refractivity contribution is 0.316. The van der Waals surface area contributed by atoms with Crippen LogP contribution >= 0.6 is 0 Å². The van der Waals surface area contributed by atoms with Gasteiger partial charge >= 0.3 is 0 Å². The van der Waals surface area contributed by atoms with Crippen LogP contribution < -0.4 is 0 Å². The maximum atomic E-state index is 13.6. The Morgan fingerprint density at radius 3 is 2.58 bits per heavy atom. The summed E-state index contributed by atoms with van der Waals surface area (Å²) in [6, 6.07) is 16.8. The molecule has 0 bridgehead atoms. The van der Waals surface area contributed by atoms with E-state index in [1.807, 2.05) is 18.2 Å². The zero-order valence-corrected chi connectivity index (χ0v) is 10.4. The van der Waals surface area contributed by atoms with Crippen molar-refractivity contribution in [2.75, 3.05) is 6.61 Å². The highest BCUT2D eigenvalue weighted by atomic mass is 19.1. The van der Waals surface area contributed by atoms with E-state index in [9.17, 15) is 4.39 Å². The van der Waals surface area contributed by atoms with Gasteiger partial charge in [0, 0.05) is 0 Å². The summed E-state index contributed by atoms with van der Waals surface area (Å²) < 4.78 is 19.1. The van der Waals surface area contributed by atoms with Crippen LogP contribution in [0.1, 0.15) is 11.1 Å². The molecule has 0 aliphatic carbocycles. The van der Waals surface area contributed by atoms with Crippen LogP contribution in [0.3, 0.4) is 0 Å². The smallest absolute Gasteiger partial charge is 0.219 e. The van der Waals surface area contributed by atoms with Gasteiger partial charge in [0.1, 0.15) is 12.4 Å². The molecule has 0 spiro atoms. The first-order chi connectivity index (χ1) is 9.33. The van der Waals surface area contributed by atoms with Crippen molar-refractivity contribution in [3.63, 3.8) is 0 Å².